The molecule has 0 amide bonds. The van der Waals surface area contributed by atoms with E-state index in [2.05, 4.69) is 12.0 Å². The molecule has 10 heteroatoms. The first-order valence-electron chi connectivity index (χ1n) is 15.4. The molecule has 0 aliphatic heterocycles. The Balaban J connectivity index is 1.65. The summed E-state index contributed by atoms with van der Waals surface area (Å²) in [5.74, 6) is 0.195. The van der Waals surface area contributed by atoms with Crippen LogP contribution in [0.2, 0.25) is 0 Å². The average Bonchev–Trinajstić information content (AvgIpc) is 3.52. The van der Waals surface area contributed by atoms with Crippen LogP contribution in [0.5, 0.6) is 5.75 Å². The summed E-state index contributed by atoms with van der Waals surface area (Å²) in [5, 5.41) is 6.35. The molecule has 9 nitrogen and oxygen atoms in total. The summed E-state index contributed by atoms with van der Waals surface area (Å²) in [6.45, 7) is 8.13. The van der Waals surface area contributed by atoms with Gasteiger partial charge in [0.2, 0.25) is 0 Å². The minimum absolute atomic E-state index is 0.0242. The molecule has 2 heterocycles. The number of benzene rings is 1. The van der Waals surface area contributed by atoms with E-state index in [4.69, 9.17) is 9.47 Å². The molecule has 3 rings (SSSR count). The molecule has 0 radical (unpaired) electrons. The van der Waals surface area contributed by atoms with Gasteiger partial charge >= 0.3 is 11.7 Å². The van der Waals surface area contributed by atoms with E-state index in [0.717, 1.165) is 44.1 Å². The Morgan fingerprint density at radius 1 is 0.930 bits per heavy atom. The number of rotatable bonds is 19. The zero-order valence-corrected chi connectivity index (χ0v) is 26.7. The van der Waals surface area contributed by atoms with Gasteiger partial charge in [-0.2, -0.15) is 5.10 Å². The Morgan fingerprint density at radius 2 is 1.72 bits per heavy atom. The first-order chi connectivity index (χ1) is 20.7. The molecule has 1 aromatic carbocycles. The number of carbonyl (C=O) groups excluding carboxylic acids is 2. The van der Waals surface area contributed by atoms with Crippen LogP contribution in [0.3, 0.4) is 0 Å². The zero-order chi connectivity index (χ0) is 31.2. The maximum absolute atomic E-state index is 13.3. The summed E-state index contributed by atoms with van der Waals surface area (Å²) in [4.78, 5) is 51.8. The number of hydrogen-bond acceptors (Lipinski definition) is 8. The van der Waals surface area contributed by atoms with E-state index in [0.29, 0.717) is 42.1 Å². The number of carbonyl (C=O) groups is 2. The minimum Gasteiger partial charge on any atom is -0.476 e. The van der Waals surface area contributed by atoms with Gasteiger partial charge in [-0.05, 0) is 88.4 Å². The lowest BCUT2D eigenvalue weighted by Crippen LogP contribution is -2.43. The highest BCUT2D eigenvalue weighted by atomic mass is 32.1. The summed E-state index contributed by atoms with van der Waals surface area (Å²) >= 11 is 1.40. The van der Waals surface area contributed by atoms with Gasteiger partial charge in [0.15, 0.2) is 11.4 Å². The number of unbranched alkanes of at least 4 members (excludes halogenated alkanes) is 4. The van der Waals surface area contributed by atoms with Gasteiger partial charge in [0.05, 0.1) is 11.5 Å². The minimum atomic E-state index is -1.10. The molecule has 0 spiro atoms. The van der Waals surface area contributed by atoms with E-state index >= 15 is 0 Å². The molecule has 234 valence electrons. The number of thiophene rings is 1. The van der Waals surface area contributed by atoms with Crippen molar-refractivity contribution in [1.82, 2.24) is 14.3 Å². The van der Waals surface area contributed by atoms with Crippen LogP contribution in [0, 0.1) is 0 Å². The number of ketones is 1. The first kappa shape index (κ1) is 34.0. The van der Waals surface area contributed by atoms with Crippen LogP contribution in [-0.2, 0) is 35.5 Å². The molecule has 0 saturated heterocycles. The fourth-order valence-corrected chi connectivity index (χ4v) is 5.48. The number of hydrogen-bond donors (Lipinski definition) is 0. The number of ether oxygens (including phenoxy) is 2. The van der Waals surface area contributed by atoms with Gasteiger partial charge in [-0.15, -0.1) is 11.3 Å². The van der Waals surface area contributed by atoms with Gasteiger partial charge in [0, 0.05) is 19.5 Å². The number of aromatic nitrogens is 3. The van der Waals surface area contributed by atoms with Crippen molar-refractivity contribution in [2.24, 2.45) is 0 Å². The quantitative estimate of drug-likeness (QED) is 0.0930. The Hall–Kier alpha value is -3.53. The SMILES string of the molecule is CCCCCCc1nn(CCCCc2cccc(OC(C)(C)C(=O)OCC)c2)c(=O)n(CCCC(=O)c2cccs2)c1=O. The number of aryl methyl sites for hydroxylation is 3. The van der Waals surface area contributed by atoms with Crippen LogP contribution in [0.15, 0.2) is 51.4 Å². The van der Waals surface area contributed by atoms with Crippen LogP contribution in [0.25, 0.3) is 0 Å². The fraction of sp³-hybridized carbons (Fsp3) is 0.545. The van der Waals surface area contributed by atoms with Gasteiger partial charge in [-0.25, -0.2) is 14.3 Å². The van der Waals surface area contributed by atoms with E-state index in [9.17, 15) is 19.2 Å². The van der Waals surface area contributed by atoms with E-state index < -0.39 is 17.3 Å². The summed E-state index contributed by atoms with van der Waals surface area (Å²) in [7, 11) is 0. The Labute approximate surface area is 257 Å². The molecule has 0 aliphatic carbocycles. The van der Waals surface area contributed by atoms with Crippen molar-refractivity contribution in [1.29, 1.82) is 0 Å². The number of Topliss-reactive ketones (excluding diaryl/α,β-unsaturated/α-hetero) is 1. The van der Waals surface area contributed by atoms with Gasteiger partial charge < -0.3 is 9.47 Å². The third-order valence-electron chi connectivity index (χ3n) is 7.16. The normalized spacial score (nSPS) is 11.4. The summed E-state index contributed by atoms with van der Waals surface area (Å²) in [6.07, 6.45) is 7.48. The van der Waals surface area contributed by atoms with Gasteiger partial charge in [-0.1, -0.05) is 44.4 Å². The number of nitrogens with zero attached hydrogens (tertiary/aromatic N) is 3. The molecule has 0 aliphatic rings. The molecule has 0 atom stereocenters. The second kappa shape index (κ2) is 16.9. The molecule has 3 aromatic rings. The van der Waals surface area contributed by atoms with E-state index in [1.807, 2.05) is 35.7 Å². The van der Waals surface area contributed by atoms with Gasteiger partial charge in [-0.3, -0.25) is 14.2 Å². The van der Waals surface area contributed by atoms with Crippen LogP contribution in [0.1, 0.15) is 100.0 Å². The van der Waals surface area contributed by atoms with Gasteiger partial charge in [0.25, 0.3) is 5.56 Å². The highest BCUT2D eigenvalue weighted by Crippen LogP contribution is 2.22. The molecule has 0 saturated carbocycles. The Kier molecular flexibility index (Phi) is 13.4. The maximum atomic E-state index is 13.3. The smallest absolute Gasteiger partial charge is 0.349 e. The first-order valence-corrected chi connectivity index (χ1v) is 16.3. The van der Waals surface area contributed by atoms with Crippen molar-refractivity contribution in [2.45, 2.75) is 111 Å². The van der Waals surface area contributed by atoms with Crippen molar-refractivity contribution in [2.75, 3.05) is 6.61 Å². The lowest BCUT2D eigenvalue weighted by molar-refractivity contribution is -0.158. The van der Waals surface area contributed by atoms with Gasteiger partial charge in [0.1, 0.15) is 11.4 Å². The molecule has 2 aromatic heterocycles. The molecule has 43 heavy (non-hydrogen) atoms. The predicted molar refractivity (Wildman–Crippen MR) is 169 cm³/mol. The highest BCUT2D eigenvalue weighted by molar-refractivity contribution is 7.12. The lowest BCUT2D eigenvalue weighted by Gasteiger charge is -2.24. The summed E-state index contributed by atoms with van der Waals surface area (Å²) in [5.41, 5.74) is -0.411. The summed E-state index contributed by atoms with van der Waals surface area (Å²) in [6, 6.07) is 11.2. The molecular weight excluding hydrogens is 566 g/mol. The van der Waals surface area contributed by atoms with Crippen LogP contribution < -0.4 is 16.0 Å². The van der Waals surface area contributed by atoms with Crippen molar-refractivity contribution >= 4 is 23.1 Å². The van der Waals surface area contributed by atoms with E-state index in [1.54, 1.807) is 26.8 Å². The van der Waals surface area contributed by atoms with E-state index in [-0.39, 0.29) is 30.9 Å². The third kappa shape index (κ3) is 10.3. The second-order valence-electron chi connectivity index (χ2n) is 11.2. The Bertz CT molecular complexity index is 1440. The van der Waals surface area contributed by atoms with Crippen LogP contribution >= 0.6 is 11.3 Å². The molecule has 0 bridgehead atoms. The van der Waals surface area contributed by atoms with Crippen molar-refractivity contribution in [3.63, 3.8) is 0 Å². The molecule has 0 unspecified atom stereocenters. The predicted octanol–water partition coefficient (Wildman–Crippen LogP) is 6.00. The maximum Gasteiger partial charge on any atom is 0.349 e. The topological polar surface area (TPSA) is 109 Å². The Morgan fingerprint density at radius 3 is 2.44 bits per heavy atom. The van der Waals surface area contributed by atoms with E-state index in [1.165, 1.54) is 20.6 Å². The molecular formula is C33H45N3O6S. The van der Waals surface area contributed by atoms with Crippen LogP contribution in [-0.4, -0.2) is 38.3 Å². The number of esters is 1. The average molecular weight is 612 g/mol. The lowest BCUT2D eigenvalue weighted by atomic mass is 10.1. The standard InChI is InChI=1S/C33H45N3O6S/c1-5-7-8-9-18-27-30(38)35(21-13-19-28(37)29-20-14-23-43-29)32(40)36(34-27)22-11-10-15-25-16-12-17-26(24-25)42-33(3,4)31(39)41-6-2/h12,14,16-17,20,23-24H,5-11,13,15,18-19,21-22H2,1-4H3. The van der Waals surface area contributed by atoms with Crippen LogP contribution in [0.4, 0.5) is 0 Å². The molecule has 0 fully saturated rings. The zero-order valence-electron chi connectivity index (χ0n) is 25.9. The van der Waals surface area contributed by atoms with Crippen molar-refractivity contribution < 1.29 is 19.1 Å². The van der Waals surface area contributed by atoms with Crippen molar-refractivity contribution in [3.8, 4) is 5.75 Å². The monoisotopic (exact) mass is 611 g/mol. The largest absolute Gasteiger partial charge is 0.476 e. The highest BCUT2D eigenvalue weighted by Gasteiger charge is 2.31. The molecule has 0 N–H and O–H groups in total. The third-order valence-corrected chi connectivity index (χ3v) is 8.07. The van der Waals surface area contributed by atoms with Crippen molar-refractivity contribution in [3.05, 3.63) is 78.8 Å². The second-order valence-corrected chi connectivity index (χ2v) is 12.1. The summed E-state index contributed by atoms with van der Waals surface area (Å²) < 4.78 is 13.7. The fourth-order valence-electron chi connectivity index (χ4n) is 4.79.